The van der Waals surface area contributed by atoms with E-state index in [4.69, 9.17) is 10.5 Å². The van der Waals surface area contributed by atoms with Gasteiger partial charge < -0.3 is 10.5 Å². The highest BCUT2D eigenvalue weighted by Crippen LogP contribution is 2.41. The summed E-state index contributed by atoms with van der Waals surface area (Å²) < 4.78 is 5.19. The largest absolute Gasteiger partial charge is 0.496 e. The van der Waals surface area contributed by atoms with E-state index in [0.717, 1.165) is 18.1 Å². The van der Waals surface area contributed by atoms with Crippen molar-refractivity contribution >= 4 is 0 Å². The second kappa shape index (κ2) is 6.58. The van der Waals surface area contributed by atoms with Gasteiger partial charge in [0.2, 0.25) is 0 Å². The molecule has 0 saturated heterocycles. The third-order valence-electron chi connectivity index (χ3n) is 3.58. The van der Waals surface area contributed by atoms with Gasteiger partial charge in [0.15, 0.2) is 0 Å². The number of ether oxygens (including phenoxy) is 1. The van der Waals surface area contributed by atoms with Crippen molar-refractivity contribution in [2.45, 2.75) is 32.2 Å². The topological polar surface area (TPSA) is 35.2 Å². The Bertz CT molecular complexity index is 540. The molecule has 0 aliphatic heterocycles. The molecule has 3 rings (SSSR count). The van der Waals surface area contributed by atoms with Crippen LogP contribution in [0.25, 0.3) is 0 Å². The van der Waals surface area contributed by atoms with Crippen LogP contribution >= 0.6 is 0 Å². The van der Waals surface area contributed by atoms with E-state index in [0.29, 0.717) is 0 Å². The maximum atomic E-state index is 5.69. The number of benzene rings is 2. The second-order valence-corrected chi connectivity index (χ2v) is 5.34. The number of para-hydroxylation sites is 1. The zero-order valence-corrected chi connectivity index (χ0v) is 12.5. The van der Waals surface area contributed by atoms with Crippen molar-refractivity contribution in [1.82, 2.24) is 0 Å². The van der Waals surface area contributed by atoms with Crippen molar-refractivity contribution in [1.29, 1.82) is 0 Å². The molecule has 0 amide bonds. The average Bonchev–Trinajstić information content (AvgIpc) is 3.11. The van der Waals surface area contributed by atoms with Gasteiger partial charge >= 0.3 is 0 Å². The molecule has 0 saturated carbocycles. The fourth-order valence-electron chi connectivity index (χ4n) is 2.40. The molecule has 0 bridgehead atoms. The highest BCUT2D eigenvalue weighted by molar-refractivity contribution is 5.51. The summed E-state index contributed by atoms with van der Waals surface area (Å²) in [6, 6.07) is 16.7. The van der Waals surface area contributed by atoms with Gasteiger partial charge in [-0.05, 0) is 36.1 Å². The van der Waals surface area contributed by atoms with Crippen molar-refractivity contribution in [3.05, 3.63) is 65.2 Å². The first-order chi connectivity index (χ1) is 9.63. The molecule has 0 radical (unpaired) electrons. The van der Waals surface area contributed by atoms with Gasteiger partial charge in [-0.1, -0.05) is 49.4 Å². The molecule has 0 heterocycles. The van der Waals surface area contributed by atoms with E-state index in [1.807, 2.05) is 31.2 Å². The molecule has 2 aromatic carbocycles. The molecule has 106 valence electrons. The van der Waals surface area contributed by atoms with Crippen LogP contribution in [-0.2, 0) is 6.42 Å². The highest BCUT2D eigenvalue weighted by Gasteiger charge is 2.25. The minimum absolute atomic E-state index is 0.182. The number of fused-ring (bicyclic) bond motifs is 1. The quantitative estimate of drug-likeness (QED) is 0.921. The Labute approximate surface area is 121 Å². The van der Waals surface area contributed by atoms with Crippen LogP contribution in [0.15, 0.2) is 48.5 Å². The molecule has 2 aromatic rings. The summed E-state index contributed by atoms with van der Waals surface area (Å²) in [5.74, 6) is 1.69. The molecule has 0 fully saturated rings. The van der Waals surface area contributed by atoms with Crippen molar-refractivity contribution in [2.24, 2.45) is 5.73 Å². The highest BCUT2D eigenvalue weighted by atomic mass is 16.5. The first kappa shape index (κ1) is 14.6. The second-order valence-electron chi connectivity index (χ2n) is 5.34. The van der Waals surface area contributed by atoms with Crippen LogP contribution in [0.3, 0.4) is 0 Å². The van der Waals surface area contributed by atoms with Gasteiger partial charge in [-0.25, -0.2) is 0 Å². The fourth-order valence-corrected chi connectivity index (χ4v) is 2.40. The molecule has 20 heavy (non-hydrogen) atoms. The summed E-state index contributed by atoms with van der Waals surface area (Å²) in [7, 11) is 1.68. The van der Waals surface area contributed by atoms with Gasteiger partial charge in [-0.2, -0.15) is 0 Å². The van der Waals surface area contributed by atoms with Gasteiger partial charge in [0, 0.05) is 12.0 Å². The lowest BCUT2D eigenvalue weighted by Gasteiger charge is -2.09. The Hall–Kier alpha value is -1.80. The lowest BCUT2D eigenvalue weighted by Crippen LogP contribution is -2.18. The van der Waals surface area contributed by atoms with E-state index in [-0.39, 0.29) is 6.04 Å². The summed E-state index contributed by atoms with van der Waals surface area (Å²) in [4.78, 5) is 0. The number of methoxy groups -OCH3 is 1. The van der Waals surface area contributed by atoms with Crippen LogP contribution in [0, 0.1) is 0 Å². The SMILES string of the molecule is CC1c2ccccc21.COc1ccccc1CC(C)N. The lowest BCUT2D eigenvalue weighted by molar-refractivity contribution is 0.408. The molecule has 1 aliphatic rings. The fraction of sp³-hybridized carbons (Fsp3) is 0.333. The van der Waals surface area contributed by atoms with Crippen LogP contribution < -0.4 is 10.5 Å². The zero-order chi connectivity index (χ0) is 14.5. The molecule has 1 unspecified atom stereocenters. The average molecular weight is 269 g/mol. The van der Waals surface area contributed by atoms with Crippen molar-refractivity contribution in [3.63, 3.8) is 0 Å². The van der Waals surface area contributed by atoms with E-state index in [1.54, 1.807) is 7.11 Å². The maximum Gasteiger partial charge on any atom is 0.122 e. The van der Waals surface area contributed by atoms with Crippen LogP contribution in [0.4, 0.5) is 0 Å². The predicted molar refractivity (Wildman–Crippen MR) is 84.3 cm³/mol. The van der Waals surface area contributed by atoms with Crippen molar-refractivity contribution in [3.8, 4) is 5.75 Å². The molecular weight excluding hydrogens is 246 g/mol. The van der Waals surface area contributed by atoms with Crippen LogP contribution in [-0.4, -0.2) is 13.2 Å². The van der Waals surface area contributed by atoms with E-state index < -0.39 is 0 Å². The minimum atomic E-state index is 0.182. The van der Waals surface area contributed by atoms with E-state index in [1.165, 1.54) is 16.7 Å². The van der Waals surface area contributed by atoms with Crippen LogP contribution in [0.1, 0.15) is 36.5 Å². The number of rotatable bonds is 3. The molecule has 2 heteroatoms. The summed E-state index contributed by atoms with van der Waals surface area (Å²) >= 11 is 0. The summed E-state index contributed by atoms with van der Waals surface area (Å²) in [6.45, 7) is 4.23. The first-order valence-corrected chi connectivity index (χ1v) is 7.09. The van der Waals surface area contributed by atoms with E-state index in [9.17, 15) is 0 Å². The molecule has 0 aromatic heterocycles. The Morgan fingerprint density at radius 1 is 1.05 bits per heavy atom. The monoisotopic (exact) mass is 269 g/mol. The number of nitrogens with two attached hydrogens (primary N) is 1. The molecule has 0 spiro atoms. The Morgan fingerprint density at radius 3 is 2.10 bits per heavy atom. The standard InChI is InChI=1S/C10H15NO.C8H8/c1-8(11)7-9-5-3-4-6-10(9)12-2;1-6-7-4-2-3-5-8(6)7/h3-6,8H,7,11H2,1-2H3;2-6H,1H3. The van der Waals surface area contributed by atoms with Gasteiger partial charge in [-0.15, -0.1) is 0 Å². The summed E-state index contributed by atoms with van der Waals surface area (Å²) in [5, 5.41) is 0. The Morgan fingerprint density at radius 2 is 1.60 bits per heavy atom. The normalized spacial score (nSPS) is 13.8. The van der Waals surface area contributed by atoms with Crippen molar-refractivity contribution in [2.75, 3.05) is 7.11 Å². The first-order valence-electron chi connectivity index (χ1n) is 7.09. The smallest absolute Gasteiger partial charge is 0.122 e. The molecule has 1 aliphatic carbocycles. The molecule has 2 nitrogen and oxygen atoms in total. The van der Waals surface area contributed by atoms with Gasteiger partial charge in [0.05, 0.1) is 7.11 Å². The molecule has 1 atom stereocenters. The van der Waals surface area contributed by atoms with Crippen molar-refractivity contribution < 1.29 is 4.74 Å². The molecular formula is C18H23NO. The third-order valence-corrected chi connectivity index (χ3v) is 3.58. The predicted octanol–water partition coefficient (Wildman–Crippen LogP) is 3.74. The Kier molecular flexibility index (Phi) is 4.80. The number of hydrogen-bond acceptors (Lipinski definition) is 2. The third kappa shape index (κ3) is 3.61. The van der Waals surface area contributed by atoms with Gasteiger partial charge in [0.25, 0.3) is 0 Å². The van der Waals surface area contributed by atoms with Crippen LogP contribution in [0.5, 0.6) is 5.75 Å². The number of hydrogen-bond donors (Lipinski definition) is 1. The summed E-state index contributed by atoms with van der Waals surface area (Å²) in [6.07, 6.45) is 0.865. The van der Waals surface area contributed by atoms with Crippen LogP contribution in [0.2, 0.25) is 0 Å². The van der Waals surface area contributed by atoms with Gasteiger partial charge in [0.1, 0.15) is 5.75 Å². The van der Waals surface area contributed by atoms with E-state index >= 15 is 0 Å². The lowest BCUT2D eigenvalue weighted by atomic mass is 10.1. The summed E-state index contributed by atoms with van der Waals surface area (Å²) in [5.41, 5.74) is 9.94. The van der Waals surface area contributed by atoms with E-state index in [2.05, 4.69) is 31.2 Å². The zero-order valence-electron chi connectivity index (χ0n) is 12.5. The Balaban J connectivity index is 0.000000157. The molecule has 2 N–H and O–H groups in total. The maximum absolute atomic E-state index is 5.69. The minimum Gasteiger partial charge on any atom is -0.496 e. The van der Waals surface area contributed by atoms with Gasteiger partial charge in [-0.3, -0.25) is 0 Å².